The standard InChI is InChI=1S/C14H24N2O2S/c1-10(17)19-13-8-14(18)16(9-13)12-6-4-11(5-7-12)15(2)3/h11-13H,4-9H2,1-3H3. The number of likely N-dealkylation sites (tertiary alicyclic amines) is 1. The predicted octanol–water partition coefficient (Wildman–Crippen LogP) is 1.74. The van der Waals surface area contributed by atoms with Gasteiger partial charge in [0, 0.05) is 37.2 Å². The summed E-state index contributed by atoms with van der Waals surface area (Å²) in [5.41, 5.74) is 0. The molecule has 108 valence electrons. The number of hydrogen-bond donors (Lipinski definition) is 0. The smallest absolute Gasteiger partial charge is 0.224 e. The lowest BCUT2D eigenvalue weighted by Gasteiger charge is -2.37. The highest BCUT2D eigenvalue weighted by molar-refractivity contribution is 8.14. The van der Waals surface area contributed by atoms with E-state index in [-0.39, 0.29) is 16.3 Å². The maximum Gasteiger partial charge on any atom is 0.224 e. The summed E-state index contributed by atoms with van der Waals surface area (Å²) in [4.78, 5) is 27.5. The van der Waals surface area contributed by atoms with Crippen LogP contribution in [0.5, 0.6) is 0 Å². The maximum atomic E-state index is 12.1. The van der Waals surface area contributed by atoms with Crippen LogP contribution in [-0.4, -0.2) is 58.8 Å². The molecule has 0 aromatic carbocycles. The van der Waals surface area contributed by atoms with Gasteiger partial charge in [-0.25, -0.2) is 0 Å². The van der Waals surface area contributed by atoms with Gasteiger partial charge in [0.05, 0.1) is 0 Å². The Morgan fingerprint density at radius 1 is 1.26 bits per heavy atom. The molecular formula is C14H24N2O2S. The van der Waals surface area contributed by atoms with Gasteiger partial charge in [-0.3, -0.25) is 9.59 Å². The van der Waals surface area contributed by atoms with Gasteiger partial charge < -0.3 is 9.80 Å². The molecule has 0 spiro atoms. The molecule has 0 bridgehead atoms. The molecule has 2 fully saturated rings. The van der Waals surface area contributed by atoms with Crippen LogP contribution in [0, 0.1) is 0 Å². The molecule has 1 aliphatic heterocycles. The Balaban J connectivity index is 1.86. The first-order chi connectivity index (χ1) is 8.97. The molecule has 4 nitrogen and oxygen atoms in total. The molecular weight excluding hydrogens is 260 g/mol. The zero-order valence-electron chi connectivity index (χ0n) is 12.1. The van der Waals surface area contributed by atoms with Crippen LogP contribution in [0.1, 0.15) is 39.0 Å². The van der Waals surface area contributed by atoms with Crippen molar-refractivity contribution in [3.05, 3.63) is 0 Å². The lowest BCUT2D eigenvalue weighted by Crippen LogP contribution is -2.43. The summed E-state index contributed by atoms with van der Waals surface area (Å²) in [6.07, 6.45) is 5.09. The molecule has 1 unspecified atom stereocenters. The first kappa shape index (κ1) is 14.9. The highest BCUT2D eigenvalue weighted by atomic mass is 32.2. The first-order valence-electron chi connectivity index (χ1n) is 7.10. The Kier molecular flexibility index (Phi) is 4.90. The van der Waals surface area contributed by atoms with Crippen LogP contribution >= 0.6 is 11.8 Å². The quantitative estimate of drug-likeness (QED) is 0.791. The largest absolute Gasteiger partial charge is 0.339 e. The van der Waals surface area contributed by atoms with Crippen molar-refractivity contribution in [1.82, 2.24) is 9.80 Å². The molecule has 1 amide bonds. The summed E-state index contributed by atoms with van der Waals surface area (Å²) in [6, 6.07) is 1.07. The van der Waals surface area contributed by atoms with Gasteiger partial charge in [0.2, 0.25) is 5.91 Å². The van der Waals surface area contributed by atoms with Crippen molar-refractivity contribution in [3.8, 4) is 0 Å². The van der Waals surface area contributed by atoms with Gasteiger partial charge in [0.25, 0.3) is 0 Å². The Labute approximate surface area is 119 Å². The Morgan fingerprint density at radius 3 is 2.42 bits per heavy atom. The van der Waals surface area contributed by atoms with Crippen molar-refractivity contribution >= 4 is 22.8 Å². The number of rotatable bonds is 3. The van der Waals surface area contributed by atoms with E-state index in [9.17, 15) is 9.59 Å². The second-order valence-electron chi connectivity index (χ2n) is 5.91. The monoisotopic (exact) mass is 284 g/mol. The fraction of sp³-hybridized carbons (Fsp3) is 0.857. The molecule has 1 saturated heterocycles. The maximum absolute atomic E-state index is 12.1. The minimum absolute atomic E-state index is 0.121. The highest BCUT2D eigenvalue weighted by Crippen LogP contribution is 2.31. The Morgan fingerprint density at radius 2 is 1.89 bits per heavy atom. The van der Waals surface area contributed by atoms with Gasteiger partial charge in [0.1, 0.15) is 0 Å². The summed E-state index contributed by atoms with van der Waals surface area (Å²) in [5, 5.41) is 0.299. The molecule has 0 aromatic heterocycles. The lowest BCUT2D eigenvalue weighted by molar-refractivity contribution is -0.130. The average molecular weight is 284 g/mol. The van der Waals surface area contributed by atoms with Crippen LogP contribution in [0.2, 0.25) is 0 Å². The predicted molar refractivity (Wildman–Crippen MR) is 78.1 cm³/mol. The molecule has 1 heterocycles. The number of carbonyl (C=O) groups is 2. The fourth-order valence-electron chi connectivity index (χ4n) is 3.25. The molecule has 19 heavy (non-hydrogen) atoms. The molecule has 2 rings (SSSR count). The third-order valence-electron chi connectivity index (χ3n) is 4.29. The summed E-state index contributed by atoms with van der Waals surface area (Å²) in [7, 11) is 4.26. The fourth-order valence-corrected chi connectivity index (χ4v) is 4.18. The van der Waals surface area contributed by atoms with Crippen LogP contribution in [0.25, 0.3) is 0 Å². The number of amides is 1. The SMILES string of the molecule is CC(=O)SC1CC(=O)N(C2CCC(N(C)C)CC2)C1. The van der Waals surface area contributed by atoms with Crippen LogP contribution in [0.3, 0.4) is 0 Å². The zero-order chi connectivity index (χ0) is 14.0. The van der Waals surface area contributed by atoms with Crippen LogP contribution < -0.4 is 0 Å². The van der Waals surface area contributed by atoms with E-state index in [0.29, 0.717) is 18.5 Å². The van der Waals surface area contributed by atoms with Gasteiger partial charge in [-0.2, -0.15) is 0 Å². The number of carbonyl (C=O) groups excluding carboxylic acids is 2. The van der Waals surface area contributed by atoms with Crippen molar-refractivity contribution in [3.63, 3.8) is 0 Å². The molecule has 1 saturated carbocycles. The van der Waals surface area contributed by atoms with E-state index in [4.69, 9.17) is 0 Å². The van der Waals surface area contributed by atoms with Crippen LogP contribution in [0.4, 0.5) is 0 Å². The molecule has 0 aromatic rings. The Hall–Kier alpha value is -0.550. The first-order valence-corrected chi connectivity index (χ1v) is 7.98. The second-order valence-corrected chi connectivity index (χ2v) is 7.38. The van der Waals surface area contributed by atoms with Gasteiger partial charge in [-0.05, 0) is 39.8 Å². The van der Waals surface area contributed by atoms with Crippen LogP contribution in [-0.2, 0) is 9.59 Å². The number of hydrogen-bond acceptors (Lipinski definition) is 4. The third kappa shape index (κ3) is 3.72. The van der Waals surface area contributed by atoms with Gasteiger partial charge in [-0.1, -0.05) is 11.8 Å². The van der Waals surface area contributed by atoms with E-state index in [2.05, 4.69) is 19.0 Å². The molecule has 5 heteroatoms. The molecule has 0 radical (unpaired) electrons. The average Bonchev–Trinajstić information content (AvgIpc) is 2.69. The van der Waals surface area contributed by atoms with Crippen LogP contribution in [0.15, 0.2) is 0 Å². The third-order valence-corrected chi connectivity index (χ3v) is 5.27. The Bertz CT molecular complexity index is 351. The minimum atomic E-state index is 0.121. The van der Waals surface area contributed by atoms with Gasteiger partial charge >= 0.3 is 0 Å². The van der Waals surface area contributed by atoms with Gasteiger partial charge in [0.15, 0.2) is 5.12 Å². The van der Waals surface area contributed by atoms with E-state index in [1.165, 1.54) is 24.6 Å². The summed E-state index contributed by atoms with van der Waals surface area (Å²) >= 11 is 1.33. The number of thioether (sulfide) groups is 1. The van der Waals surface area contributed by atoms with Crippen molar-refractivity contribution in [1.29, 1.82) is 0 Å². The van der Waals surface area contributed by atoms with E-state index < -0.39 is 0 Å². The van der Waals surface area contributed by atoms with E-state index in [1.807, 2.05) is 4.90 Å². The molecule has 2 aliphatic rings. The summed E-state index contributed by atoms with van der Waals surface area (Å²) < 4.78 is 0. The van der Waals surface area contributed by atoms with E-state index in [0.717, 1.165) is 19.4 Å². The molecule has 1 aliphatic carbocycles. The van der Waals surface area contributed by atoms with E-state index in [1.54, 1.807) is 6.92 Å². The van der Waals surface area contributed by atoms with Crippen molar-refractivity contribution in [2.24, 2.45) is 0 Å². The molecule has 1 atom stereocenters. The summed E-state index contributed by atoms with van der Waals surface area (Å²) in [6.45, 7) is 2.35. The number of nitrogens with zero attached hydrogens (tertiary/aromatic N) is 2. The minimum Gasteiger partial charge on any atom is -0.339 e. The zero-order valence-corrected chi connectivity index (χ0v) is 12.9. The van der Waals surface area contributed by atoms with E-state index >= 15 is 0 Å². The topological polar surface area (TPSA) is 40.6 Å². The van der Waals surface area contributed by atoms with Crippen molar-refractivity contribution in [2.75, 3.05) is 20.6 Å². The summed E-state index contributed by atoms with van der Waals surface area (Å²) in [5.74, 6) is 0.243. The normalized spacial score (nSPS) is 32.1. The van der Waals surface area contributed by atoms with Crippen molar-refractivity contribution in [2.45, 2.75) is 56.4 Å². The second kappa shape index (κ2) is 6.27. The molecule has 0 N–H and O–H groups in total. The van der Waals surface area contributed by atoms with Gasteiger partial charge in [-0.15, -0.1) is 0 Å². The highest BCUT2D eigenvalue weighted by Gasteiger charge is 2.37. The lowest BCUT2D eigenvalue weighted by atomic mass is 9.90. The van der Waals surface area contributed by atoms with Crippen molar-refractivity contribution < 1.29 is 9.59 Å².